The van der Waals surface area contributed by atoms with E-state index in [1.54, 1.807) is 36.4 Å². The molecule has 3 rings (SSSR count). The van der Waals surface area contributed by atoms with Crippen LogP contribution in [-0.2, 0) is 14.8 Å². The number of hydrogen-bond donors (Lipinski definition) is 1. The molecule has 0 bridgehead atoms. The third-order valence-electron chi connectivity index (χ3n) is 4.80. The lowest BCUT2D eigenvalue weighted by Crippen LogP contribution is -2.24. The van der Waals surface area contributed by atoms with Crippen molar-refractivity contribution in [2.75, 3.05) is 19.4 Å². The van der Waals surface area contributed by atoms with Crippen LogP contribution < -0.4 is 5.32 Å². The largest absolute Gasteiger partial charge is 0.324 e. The number of carbonyl (C=O) groups is 1. The Morgan fingerprint density at radius 1 is 1.19 bits per heavy atom. The highest BCUT2D eigenvalue weighted by atomic mass is 35.5. The van der Waals surface area contributed by atoms with Crippen molar-refractivity contribution in [1.29, 1.82) is 0 Å². The van der Waals surface area contributed by atoms with Gasteiger partial charge >= 0.3 is 0 Å². The standard InChI is InChI=1S/C22H24ClN3O3S2/c1-5-20(22(27)25-19-9-7-6-8-17(19)23)30-21-12-14(2)16-13-15(10-11-18(16)24-21)31(28,29)26(3)4/h6-13,20H,5H2,1-4H3,(H,25,27)/t20-/m0/s1. The van der Waals surface area contributed by atoms with Crippen molar-refractivity contribution in [2.45, 2.75) is 35.4 Å². The van der Waals surface area contributed by atoms with Crippen LogP contribution in [0.4, 0.5) is 5.69 Å². The van der Waals surface area contributed by atoms with Crippen molar-refractivity contribution in [3.63, 3.8) is 0 Å². The molecule has 0 saturated carbocycles. The van der Waals surface area contributed by atoms with Crippen molar-refractivity contribution in [2.24, 2.45) is 0 Å². The first-order valence-electron chi connectivity index (χ1n) is 9.69. The van der Waals surface area contributed by atoms with Crippen LogP contribution in [0, 0.1) is 6.92 Å². The number of fused-ring (bicyclic) bond motifs is 1. The van der Waals surface area contributed by atoms with E-state index in [-0.39, 0.29) is 16.1 Å². The van der Waals surface area contributed by atoms with Gasteiger partial charge in [0, 0.05) is 19.5 Å². The maximum Gasteiger partial charge on any atom is 0.242 e. The van der Waals surface area contributed by atoms with E-state index >= 15 is 0 Å². The van der Waals surface area contributed by atoms with E-state index in [0.29, 0.717) is 27.7 Å². The van der Waals surface area contributed by atoms with Crippen molar-refractivity contribution in [3.05, 3.63) is 59.1 Å². The van der Waals surface area contributed by atoms with Gasteiger partial charge in [0.1, 0.15) is 0 Å². The number of carbonyl (C=O) groups excluding carboxylic acids is 1. The molecule has 0 aliphatic heterocycles. The first kappa shape index (κ1) is 23.5. The normalized spacial score (nSPS) is 12.8. The molecule has 1 amide bonds. The van der Waals surface area contributed by atoms with Crippen LogP contribution in [0.25, 0.3) is 10.9 Å². The molecule has 3 aromatic rings. The Balaban J connectivity index is 1.87. The Labute approximate surface area is 192 Å². The molecule has 0 aliphatic rings. The van der Waals surface area contributed by atoms with E-state index in [0.717, 1.165) is 10.9 Å². The Hall–Kier alpha value is -2.13. The summed E-state index contributed by atoms with van der Waals surface area (Å²) in [7, 11) is -0.520. The molecule has 0 spiro atoms. The van der Waals surface area contributed by atoms with Gasteiger partial charge in [0.2, 0.25) is 15.9 Å². The van der Waals surface area contributed by atoms with Gasteiger partial charge in [0.05, 0.1) is 31.4 Å². The fourth-order valence-corrected chi connectivity index (χ4v) is 5.15. The summed E-state index contributed by atoms with van der Waals surface area (Å²) >= 11 is 7.52. The van der Waals surface area contributed by atoms with Crippen LogP contribution in [0.2, 0.25) is 5.02 Å². The third kappa shape index (κ3) is 5.20. The summed E-state index contributed by atoms with van der Waals surface area (Å²) in [5.41, 5.74) is 2.15. The zero-order valence-electron chi connectivity index (χ0n) is 17.7. The van der Waals surface area contributed by atoms with Gasteiger partial charge in [0.25, 0.3) is 0 Å². The van der Waals surface area contributed by atoms with Gasteiger partial charge in [-0.25, -0.2) is 17.7 Å². The lowest BCUT2D eigenvalue weighted by Gasteiger charge is -2.16. The molecule has 0 saturated heterocycles. The van der Waals surface area contributed by atoms with Gasteiger partial charge in [0.15, 0.2) is 0 Å². The number of sulfonamides is 1. The van der Waals surface area contributed by atoms with Gasteiger partial charge < -0.3 is 5.32 Å². The summed E-state index contributed by atoms with van der Waals surface area (Å²) in [4.78, 5) is 17.6. The molecule has 164 valence electrons. The first-order chi connectivity index (χ1) is 14.6. The molecule has 1 heterocycles. The first-order valence-corrected chi connectivity index (χ1v) is 12.4. The molecule has 1 atom stereocenters. The molecule has 6 nitrogen and oxygen atoms in total. The SMILES string of the molecule is CC[C@H](Sc1cc(C)c2cc(S(=O)(=O)N(C)C)ccc2n1)C(=O)Nc1ccccc1Cl. The monoisotopic (exact) mass is 477 g/mol. The Morgan fingerprint density at radius 3 is 2.55 bits per heavy atom. The van der Waals surface area contributed by atoms with Crippen LogP contribution in [0.15, 0.2) is 58.5 Å². The maximum absolute atomic E-state index is 12.8. The highest BCUT2D eigenvalue weighted by Crippen LogP contribution is 2.31. The van der Waals surface area contributed by atoms with E-state index in [1.807, 2.05) is 26.0 Å². The quantitative estimate of drug-likeness (QED) is 0.487. The van der Waals surface area contributed by atoms with Crippen molar-refractivity contribution in [1.82, 2.24) is 9.29 Å². The van der Waals surface area contributed by atoms with E-state index in [9.17, 15) is 13.2 Å². The molecule has 0 aliphatic carbocycles. The molecule has 0 fully saturated rings. The average Bonchev–Trinajstić information content (AvgIpc) is 2.73. The number of aryl methyl sites for hydroxylation is 1. The van der Waals surface area contributed by atoms with Crippen LogP contribution >= 0.6 is 23.4 Å². The molecule has 0 unspecified atom stereocenters. The predicted octanol–water partition coefficient (Wildman–Crippen LogP) is 4.96. The average molecular weight is 478 g/mol. The van der Waals surface area contributed by atoms with Crippen molar-refractivity contribution < 1.29 is 13.2 Å². The minimum absolute atomic E-state index is 0.146. The predicted molar refractivity (Wildman–Crippen MR) is 127 cm³/mol. The zero-order valence-corrected chi connectivity index (χ0v) is 20.1. The van der Waals surface area contributed by atoms with Crippen LogP contribution in [0.3, 0.4) is 0 Å². The number of thioether (sulfide) groups is 1. The number of benzene rings is 2. The summed E-state index contributed by atoms with van der Waals surface area (Å²) in [6.07, 6.45) is 0.611. The van der Waals surface area contributed by atoms with Crippen molar-refractivity contribution in [3.8, 4) is 0 Å². The number of halogens is 1. The van der Waals surface area contributed by atoms with Crippen molar-refractivity contribution >= 4 is 55.9 Å². The number of anilines is 1. The zero-order chi connectivity index (χ0) is 22.8. The Morgan fingerprint density at radius 2 is 1.90 bits per heavy atom. The molecule has 2 aromatic carbocycles. The maximum atomic E-state index is 12.8. The number of aromatic nitrogens is 1. The van der Waals surface area contributed by atoms with Crippen LogP contribution in [-0.4, -0.2) is 43.0 Å². The number of para-hydroxylation sites is 1. The summed E-state index contributed by atoms with van der Waals surface area (Å²) in [5.74, 6) is -0.146. The second kappa shape index (κ2) is 9.56. The minimum atomic E-state index is -3.53. The van der Waals surface area contributed by atoms with Gasteiger partial charge in [-0.05, 0) is 55.3 Å². The molecule has 0 radical (unpaired) electrons. The molecule has 1 aromatic heterocycles. The number of amides is 1. The van der Waals surface area contributed by atoms with E-state index in [1.165, 1.54) is 30.2 Å². The number of nitrogens with one attached hydrogen (secondary N) is 1. The second-order valence-electron chi connectivity index (χ2n) is 7.23. The fourth-order valence-electron chi connectivity index (χ4n) is 3.02. The highest BCUT2D eigenvalue weighted by molar-refractivity contribution is 8.00. The fraction of sp³-hybridized carbons (Fsp3) is 0.273. The summed E-state index contributed by atoms with van der Waals surface area (Å²) in [6.45, 7) is 3.85. The topological polar surface area (TPSA) is 79.4 Å². The number of pyridine rings is 1. The molecule has 31 heavy (non-hydrogen) atoms. The number of hydrogen-bond acceptors (Lipinski definition) is 5. The summed E-state index contributed by atoms with van der Waals surface area (Å²) in [5, 5.41) is 4.48. The van der Waals surface area contributed by atoms with E-state index < -0.39 is 10.0 Å². The van der Waals surface area contributed by atoms with E-state index in [4.69, 9.17) is 11.6 Å². The van der Waals surface area contributed by atoms with E-state index in [2.05, 4.69) is 10.3 Å². The second-order valence-corrected chi connectivity index (χ2v) is 11.0. The molecule has 1 N–H and O–H groups in total. The molecule has 9 heteroatoms. The van der Waals surface area contributed by atoms with Crippen LogP contribution in [0.1, 0.15) is 18.9 Å². The minimum Gasteiger partial charge on any atom is -0.324 e. The van der Waals surface area contributed by atoms with Gasteiger partial charge in [-0.15, -0.1) is 0 Å². The number of rotatable bonds is 7. The lowest BCUT2D eigenvalue weighted by atomic mass is 10.1. The Bertz CT molecular complexity index is 1230. The summed E-state index contributed by atoms with van der Waals surface area (Å²) in [6, 6.07) is 13.9. The van der Waals surface area contributed by atoms with Gasteiger partial charge in [-0.1, -0.05) is 42.4 Å². The third-order valence-corrected chi connectivity index (χ3v) is 8.22. The molecular weight excluding hydrogens is 454 g/mol. The smallest absolute Gasteiger partial charge is 0.242 e. The number of nitrogens with zero attached hydrogens (tertiary/aromatic N) is 2. The Kier molecular flexibility index (Phi) is 7.26. The van der Waals surface area contributed by atoms with Gasteiger partial charge in [-0.3, -0.25) is 4.79 Å². The summed E-state index contributed by atoms with van der Waals surface area (Å²) < 4.78 is 26.1. The molecular formula is C22H24ClN3O3S2. The lowest BCUT2D eigenvalue weighted by molar-refractivity contribution is -0.115. The highest BCUT2D eigenvalue weighted by Gasteiger charge is 2.21. The van der Waals surface area contributed by atoms with Crippen LogP contribution in [0.5, 0.6) is 0 Å². The van der Waals surface area contributed by atoms with Gasteiger partial charge in [-0.2, -0.15) is 0 Å².